The van der Waals surface area contributed by atoms with E-state index in [-0.39, 0.29) is 12.0 Å². The van der Waals surface area contributed by atoms with Crippen LogP contribution in [0.1, 0.15) is 0 Å². The van der Waals surface area contributed by atoms with E-state index in [4.69, 9.17) is 15.5 Å². The first-order valence-electron chi connectivity index (χ1n) is 11.6. The standard InChI is InChI=1S/C26H26N8O2/c1-2-23(35)31-19-5-3-4-17(12-19)24-25-18(8-9-28-24)14-30-26(33-25)32-20-6-7-22(29-15-20)34-10-11-36-21(13-27)16-34/h2-9,12,14-15,21H,1,10-11,13,16,27H2,(H,31,35)(H,30,32,33)/t21-/m0/s1. The molecule has 4 heterocycles. The van der Waals surface area contributed by atoms with Gasteiger partial charge in [0.1, 0.15) is 11.3 Å². The van der Waals surface area contributed by atoms with Gasteiger partial charge in [-0.05, 0) is 36.4 Å². The lowest BCUT2D eigenvalue weighted by molar-refractivity contribution is -0.111. The van der Waals surface area contributed by atoms with Crippen molar-refractivity contribution in [2.24, 2.45) is 5.73 Å². The van der Waals surface area contributed by atoms with Crippen LogP contribution in [-0.2, 0) is 9.53 Å². The third-order valence-corrected chi connectivity index (χ3v) is 5.82. The van der Waals surface area contributed by atoms with Crippen LogP contribution in [0.4, 0.5) is 23.1 Å². The molecule has 1 aromatic carbocycles. The maximum Gasteiger partial charge on any atom is 0.247 e. The van der Waals surface area contributed by atoms with Gasteiger partial charge in [0.25, 0.3) is 0 Å². The number of aromatic nitrogens is 4. The summed E-state index contributed by atoms with van der Waals surface area (Å²) in [4.78, 5) is 32.2. The van der Waals surface area contributed by atoms with Gasteiger partial charge < -0.3 is 26.0 Å². The molecule has 10 heteroatoms. The van der Waals surface area contributed by atoms with E-state index in [0.29, 0.717) is 36.0 Å². The number of hydrogen-bond donors (Lipinski definition) is 3. The van der Waals surface area contributed by atoms with Crippen LogP contribution in [0.25, 0.3) is 22.2 Å². The fraction of sp³-hybridized carbons (Fsp3) is 0.192. The highest BCUT2D eigenvalue weighted by Crippen LogP contribution is 2.28. The second-order valence-corrected chi connectivity index (χ2v) is 8.27. The van der Waals surface area contributed by atoms with Crippen LogP contribution in [0.2, 0.25) is 0 Å². The first-order valence-corrected chi connectivity index (χ1v) is 11.6. The number of morpholine rings is 1. The van der Waals surface area contributed by atoms with E-state index in [1.807, 2.05) is 42.5 Å². The molecule has 4 N–H and O–H groups in total. The van der Waals surface area contributed by atoms with Crippen molar-refractivity contribution < 1.29 is 9.53 Å². The van der Waals surface area contributed by atoms with E-state index in [0.717, 1.165) is 35.5 Å². The third-order valence-electron chi connectivity index (χ3n) is 5.82. The van der Waals surface area contributed by atoms with Gasteiger partial charge in [0.05, 0.1) is 30.3 Å². The second kappa shape index (κ2) is 10.5. The molecule has 0 saturated carbocycles. The molecule has 182 valence electrons. The van der Waals surface area contributed by atoms with Crippen molar-refractivity contribution in [2.45, 2.75) is 6.10 Å². The maximum absolute atomic E-state index is 11.7. The van der Waals surface area contributed by atoms with Gasteiger partial charge in [0, 0.05) is 48.7 Å². The Balaban J connectivity index is 1.38. The number of rotatable bonds is 7. The normalized spacial score (nSPS) is 15.5. The van der Waals surface area contributed by atoms with Crippen LogP contribution in [0, 0.1) is 0 Å². The molecule has 1 amide bonds. The van der Waals surface area contributed by atoms with Crippen LogP contribution < -0.4 is 21.3 Å². The summed E-state index contributed by atoms with van der Waals surface area (Å²) < 4.78 is 5.64. The van der Waals surface area contributed by atoms with Crippen molar-refractivity contribution in [3.8, 4) is 11.3 Å². The molecule has 0 radical (unpaired) electrons. The average Bonchev–Trinajstić information content (AvgIpc) is 2.93. The number of benzene rings is 1. The van der Waals surface area contributed by atoms with E-state index in [1.54, 1.807) is 18.6 Å². The highest BCUT2D eigenvalue weighted by molar-refractivity contribution is 5.99. The number of carbonyl (C=O) groups excluding carboxylic acids is 1. The van der Waals surface area contributed by atoms with Gasteiger partial charge in [-0.2, -0.15) is 0 Å². The van der Waals surface area contributed by atoms with E-state index in [1.165, 1.54) is 6.08 Å². The largest absolute Gasteiger partial charge is 0.373 e. The van der Waals surface area contributed by atoms with Gasteiger partial charge in [-0.25, -0.2) is 15.0 Å². The van der Waals surface area contributed by atoms with Gasteiger partial charge in [-0.15, -0.1) is 0 Å². The van der Waals surface area contributed by atoms with Gasteiger partial charge >= 0.3 is 0 Å². The average molecular weight is 483 g/mol. The smallest absolute Gasteiger partial charge is 0.247 e. The summed E-state index contributed by atoms with van der Waals surface area (Å²) in [6.07, 6.45) is 6.47. The number of nitrogens with zero attached hydrogens (tertiary/aromatic N) is 5. The SMILES string of the molecule is C=CC(=O)Nc1cccc(-c2nccc3cnc(Nc4ccc(N5CCO[C@@H](CN)C5)nc4)nc23)c1. The molecule has 0 bridgehead atoms. The number of anilines is 4. The van der Waals surface area contributed by atoms with Crippen LogP contribution in [0.15, 0.2) is 73.7 Å². The summed E-state index contributed by atoms with van der Waals surface area (Å²) in [5.74, 6) is 1.02. The zero-order chi connectivity index (χ0) is 24.9. The minimum absolute atomic E-state index is 0.0195. The fourth-order valence-corrected chi connectivity index (χ4v) is 4.01. The van der Waals surface area contributed by atoms with Crippen LogP contribution >= 0.6 is 0 Å². The summed E-state index contributed by atoms with van der Waals surface area (Å²) in [5, 5.41) is 6.85. The van der Waals surface area contributed by atoms with E-state index in [2.05, 4.69) is 37.1 Å². The minimum atomic E-state index is -0.278. The Kier molecular flexibility index (Phi) is 6.78. The Bertz CT molecular complexity index is 1390. The third kappa shape index (κ3) is 5.14. The molecule has 1 aliphatic heterocycles. The van der Waals surface area contributed by atoms with Gasteiger partial charge in [0.2, 0.25) is 11.9 Å². The number of ether oxygens (including phenoxy) is 1. The van der Waals surface area contributed by atoms with E-state index >= 15 is 0 Å². The number of pyridine rings is 2. The molecular weight excluding hydrogens is 456 g/mol. The Morgan fingerprint density at radius 2 is 2.08 bits per heavy atom. The predicted octanol–water partition coefficient (Wildman–Crippen LogP) is 3.12. The molecule has 1 aliphatic rings. The van der Waals surface area contributed by atoms with Crippen molar-refractivity contribution in [1.82, 2.24) is 19.9 Å². The van der Waals surface area contributed by atoms with E-state index in [9.17, 15) is 4.79 Å². The zero-order valence-electron chi connectivity index (χ0n) is 19.6. The highest BCUT2D eigenvalue weighted by atomic mass is 16.5. The summed E-state index contributed by atoms with van der Waals surface area (Å²) in [7, 11) is 0. The van der Waals surface area contributed by atoms with Gasteiger partial charge in [-0.3, -0.25) is 9.78 Å². The maximum atomic E-state index is 11.7. The quantitative estimate of drug-likeness (QED) is 0.340. The van der Waals surface area contributed by atoms with Gasteiger partial charge in [-0.1, -0.05) is 18.7 Å². The van der Waals surface area contributed by atoms with Crippen molar-refractivity contribution in [1.29, 1.82) is 0 Å². The molecule has 1 fully saturated rings. The van der Waals surface area contributed by atoms with Crippen LogP contribution in [0.5, 0.6) is 0 Å². The minimum Gasteiger partial charge on any atom is -0.373 e. The Morgan fingerprint density at radius 3 is 2.89 bits per heavy atom. The van der Waals surface area contributed by atoms with Crippen molar-refractivity contribution in [2.75, 3.05) is 41.8 Å². The summed E-state index contributed by atoms with van der Waals surface area (Å²) >= 11 is 0. The molecule has 0 aliphatic carbocycles. The van der Waals surface area contributed by atoms with Crippen molar-refractivity contribution in [3.63, 3.8) is 0 Å². The first kappa shape index (κ1) is 23.3. The molecule has 4 aromatic rings. The second-order valence-electron chi connectivity index (χ2n) is 8.27. The summed E-state index contributed by atoms with van der Waals surface area (Å²) in [6.45, 7) is 6.11. The Morgan fingerprint density at radius 1 is 1.17 bits per heavy atom. The monoisotopic (exact) mass is 482 g/mol. The van der Waals surface area contributed by atoms with Crippen molar-refractivity contribution >= 4 is 40.0 Å². The van der Waals surface area contributed by atoms with Crippen molar-refractivity contribution in [3.05, 3.63) is 73.7 Å². The number of hydrogen-bond acceptors (Lipinski definition) is 9. The predicted molar refractivity (Wildman–Crippen MR) is 140 cm³/mol. The number of amides is 1. The Hall–Kier alpha value is -4.41. The van der Waals surface area contributed by atoms with Gasteiger partial charge in [0.15, 0.2) is 0 Å². The Labute approximate surface area is 208 Å². The molecule has 0 unspecified atom stereocenters. The molecule has 5 rings (SSSR count). The molecule has 10 nitrogen and oxygen atoms in total. The molecule has 0 spiro atoms. The highest BCUT2D eigenvalue weighted by Gasteiger charge is 2.20. The molecule has 1 saturated heterocycles. The number of nitrogens with one attached hydrogen (secondary N) is 2. The lowest BCUT2D eigenvalue weighted by atomic mass is 10.1. The molecule has 1 atom stereocenters. The molecular formula is C26H26N8O2. The lowest BCUT2D eigenvalue weighted by Crippen LogP contribution is -2.46. The van der Waals surface area contributed by atoms with Crippen LogP contribution in [0.3, 0.4) is 0 Å². The number of carbonyl (C=O) groups is 1. The topological polar surface area (TPSA) is 131 Å². The molecule has 36 heavy (non-hydrogen) atoms. The number of fused-ring (bicyclic) bond motifs is 1. The summed E-state index contributed by atoms with van der Waals surface area (Å²) in [5.41, 5.74) is 9.35. The fourth-order valence-electron chi connectivity index (χ4n) is 4.01. The molecule has 3 aromatic heterocycles. The van der Waals surface area contributed by atoms with Crippen LogP contribution in [-0.4, -0.2) is 58.2 Å². The lowest BCUT2D eigenvalue weighted by Gasteiger charge is -2.33. The zero-order valence-corrected chi connectivity index (χ0v) is 19.6. The summed E-state index contributed by atoms with van der Waals surface area (Å²) in [6, 6.07) is 13.2. The van der Waals surface area contributed by atoms with E-state index < -0.39 is 0 Å². The first-order chi connectivity index (χ1) is 17.6. The number of nitrogens with two attached hydrogens (primary N) is 1.